The highest BCUT2D eigenvalue weighted by atomic mass is 79.9. The van der Waals surface area contributed by atoms with E-state index in [9.17, 15) is 4.79 Å². The Bertz CT molecular complexity index is 319. The summed E-state index contributed by atoms with van der Waals surface area (Å²) in [6.07, 6.45) is 3.37. The minimum absolute atomic E-state index is 0.570. The van der Waals surface area contributed by atoms with Crippen LogP contribution in [-0.2, 0) is 0 Å². The molecule has 1 saturated carbocycles. The lowest BCUT2D eigenvalue weighted by molar-refractivity contribution is 0.112. The van der Waals surface area contributed by atoms with E-state index >= 15 is 0 Å². The number of halogens is 1. The lowest BCUT2D eigenvalue weighted by Crippen LogP contribution is -2.05. The highest BCUT2D eigenvalue weighted by Gasteiger charge is 2.21. The standard InChI is InChI=1S/C8H10BrN3O/c9-7-6(4-13)8(12-11-7)10-3-5-1-2-5/h4-5H,1-3H2,(H2,10,11,12). The van der Waals surface area contributed by atoms with Crippen molar-refractivity contribution in [2.24, 2.45) is 5.92 Å². The quantitative estimate of drug-likeness (QED) is 0.794. The molecule has 1 fully saturated rings. The van der Waals surface area contributed by atoms with Crippen LogP contribution in [0.15, 0.2) is 4.60 Å². The minimum Gasteiger partial charge on any atom is -0.368 e. The molecule has 1 heterocycles. The Morgan fingerprint density at radius 1 is 1.69 bits per heavy atom. The van der Waals surface area contributed by atoms with Crippen LogP contribution < -0.4 is 5.32 Å². The van der Waals surface area contributed by atoms with Crippen LogP contribution in [0.1, 0.15) is 23.2 Å². The molecule has 0 saturated heterocycles. The predicted octanol–water partition coefficient (Wildman–Crippen LogP) is 1.81. The van der Waals surface area contributed by atoms with Gasteiger partial charge in [-0.1, -0.05) is 0 Å². The lowest BCUT2D eigenvalue weighted by atomic mass is 10.3. The Balaban J connectivity index is 2.04. The molecular weight excluding hydrogens is 234 g/mol. The lowest BCUT2D eigenvalue weighted by Gasteiger charge is -2.00. The van der Waals surface area contributed by atoms with Crippen LogP contribution in [0.4, 0.5) is 5.82 Å². The van der Waals surface area contributed by atoms with Gasteiger partial charge in [0.05, 0.1) is 5.56 Å². The van der Waals surface area contributed by atoms with Crippen molar-refractivity contribution in [3.05, 3.63) is 10.2 Å². The van der Waals surface area contributed by atoms with Crippen molar-refractivity contribution in [1.29, 1.82) is 0 Å². The number of hydrogen-bond donors (Lipinski definition) is 2. The van der Waals surface area contributed by atoms with E-state index in [2.05, 4.69) is 31.4 Å². The SMILES string of the molecule is O=Cc1c(NCC2CC2)n[nH]c1Br. The normalized spacial score (nSPS) is 15.8. The summed E-state index contributed by atoms with van der Waals surface area (Å²) >= 11 is 3.21. The van der Waals surface area contributed by atoms with Gasteiger partial charge in [-0.2, -0.15) is 5.10 Å². The Morgan fingerprint density at radius 2 is 2.46 bits per heavy atom. The summed E-state index contributed by atoms with van der Waals surface area (Å²) < 4.78 is 0.640. The maximum absolute atomic E-state index is 10.6. The van der Waals surface area contributed by atoms with Crippen LogP contribution in [0, 0.1) is 5.92 Å². The number of nitrogens with zero attached hydrogens (tertiary/aromatic N) is 1. The molecule has 0 unspecified atom stereocenters. The largest absolute Gasteiger partial charge is 0.368 e. The van der Waals surface area contributed by atoms with Gasteiger partial charge in [0, 0.05) is 6.54 Å². The highest BCUT2D eigenvalue weighted by molar-refractivity contribution is 9.10. The fourth-order valence-electron chi connectivity index (χ4n) is 1.13. The van der Waals surface area contributed by atoms with Crippen LogP contribution in [-0.4, -0.2) is 23.0 Å². The molecule has 0 amide bonds. The molecule has 2 rings (SSSR count). The summed E-state index contributed by atoms with van der Waals surface area (Å²) in [7, 11) is 0. The van der Waals surface area contributed by atoms with E-state index < -0.39 is 0 Å². The molecule has 1 aliphatic carbocycles. The molecule has 0 aromatic carbocycles. The Labute approximate surface area is 84.2 Å². The van der Waals surface area contributed by atoms with Gasteiger partial charge in [0.25, 0.3) is 0 Å². The van der Waals surface area contributed by atoms with Gasteiger partial charge in [0.1, 0.15) is 4.60 Å². The average molecular weight is 244 g/mol. The molecule has 2 N–H and O–H groups in total. The number of nitrogens with one attached hydrogen (secondary N) is 2. The van der Waals surface area contributed by atoms with E-state index in [1.54, 1.807) is 0 Å². The van der Waals surface area contributed by atoms with Crippen LogP contribution in [0.3, 0.4) is 0 Å². The topological polar surface area (TPSA) is 57.8 Å². The number of aromatic nitrogens is 2. The molecule has 1 aromatic rings. The first-order valence-corrected chi connectivity index (χ1v) is 5.03. The van der Waals surface area contributed by atoms with Crippen molar-refractivity contribution < 1.29 is 4.79 Å². The van der Waals surface area contributed by atoms with E-state index in [0.717, 1.165) is 18.7 Å². The van der Waals surface area contributed by atoms with Gasteiger partial charge in [0.2, 0.25) is 0 Å². The number of aldehydes is 1. The fourth-order valence-corrected chi connectivity index (χ4v) is 1.50. The van der Waals surface area contributed by atoms with Gasteiger partial charge in [-0.3, -0.25) is 9.89 Å². The van der Waals surface area contributed by atoms with Crippen molar-refractivity contribution in [1.82, 2.24) is 10.2 Å². The average Bonchev–Trinajstić information content (AvgIpc) is 2.88. The van der Waals surface area contributed by atoms with Crippen molar-refractivity contribution in [2.45, 2.75) is 12.8 Å². The van der Waals surface area contributed by atoms with Crippen molar-refractivity contribution in [3.63, 3.8) is 0 Å². The summed E-state index contributed by atoms with van der Waals surface area (Å²) in [6.45, 7) is 0.915. The molecule has 0 atom stereocenters. The van der Waals surface area contributed by atoms with E-state index in [1.807, 2.05) is 0 Å². The third-order valence-corrected chi connectivity index (χ3v) is 2.73. The van der Waals surface area contributed by atoms with E-state index in [0.29, 0.717) is 16.0 Å². The molecule has 0 spiro atoms. The third kappa shape index (κ3) is 1.91. The maximum Gasteiger partial charge on any atom is 0.159 e. The Hall–Kier alpha value is -0.840. The van der Waals surface area contributed by atoms with Crippen molar-refractivity contribution in [3.8, 4) is 0 Å². The van der Waals surface area contributed by atoms with Gasteiger partial charge in [0.15, 0.2) is 12.1 Å². The number of aromatic amines is 1. The van der Waals surface area contributed by atoms with Crippen LogP contribution in [0.2, 0.25) is 0 Å². The number of anilines is 1. The van der Waals surface area contributed by atoms with Gasteiger partial charge >= 0.3 is 0 Å². The second kappa shape index (κ2) is 3.49. The second-order valence-corrected chi connectivity index (χ2v) is 4.03. The zero-order chi connectivity index (χ0) is 9.26. The zero-order valence-corrected chi connectivity index (χ0v) is 8.60. The molecule has 1 aromatic heterocycles. The van der Waals surface area contributed by atoms with E-state index in [-0.39, 0.29) is 0 Å². The zero-order valence-electron chi connectivity index (χ0n) is 7.01. The van der Waals surface area contributed by atoms with E-state index in [4.69, 9.17) is 0 Å². The smallest absolute Gasteiger partial charge is 0.159 e. The summed E-state index contributed by atoms with van der Waals surface area (Å²) in [5, 5.41) is 9.82. The second-order valence-electron chi connectivity index (χ2n) is 3.24. The Kier molecular flexibility index (Phi) is 2.35. The highest BCUT2D eigenvalue weighted by Crippen LogP contribution is 2.29. The maximum atomic E-state index is 10.6. The van der Waals surface area contributed by atoms with Crippen molar-refractivity contribution >= 4 is 28.0 Å². The molecule has 0 aliphatic heterocycles. The molecule has 1 aliphatic rings. The van der Waals surface area contributed by atoms with Crippen LogP contribution >= 0.6 is 15.9 Å². The molecular formula is C8H10BrN3O. The van der Waals surface area contributed by atoms with Crippen molar-refractivity contribution in [2.75, 3.05) is 11.9 Å². The molecule has 0 bridgehead atoms. The minimum atomic E-state index is 0.570. The number of hydrogen-bond acceptors (Lipinski definition) is 3. The number of carbonyl (C=O) groups is 1. The molecule has 0 radical (unpaired) electrons. The first-order valence-electron chi connectivity index (χ1n) is 4.24. The van der Waals surface area contributed by atoms with Gasteiger partial charge in [-0.15, -0.1) is 0 Å². The predicted molar refractivity (Wildman–Crippen MR) is 52.9 cm³/mol. The van der Waals surface area contributed by atoms with Gasteiger partial charge in [-0.25, -0.2) is 0 Å². The molecule has 4 nitrogen and oxygen atoms in total. The van der Waals surface area contributed by atoms with Crippen LogP contribution in [0.25, 0.3) is 0 Å². The third-order valence-electron chi connectivity index (χ3n) is 2.13. The summed E-state index contributed by atoms with van der Waals surface area (Å²) in [4.78, 5) is 10.6. The first-order chi connectivity index (χ1) is 6.31. The first kappa shape index (κ1) is 8.74. The summed E-state index contributed by atoms with van der Waals surface area (Å²) in [6, 6.07) is 0. The Morgan fingerprint density at radius 3 is 3.08 bits per heavy atom. The molecule has 13 heavy (non-hydrogen) atoms. The summed E-state index contributed by atoms with van der Waals surface area (Å²) in [5.41, 5.74) is 0.570. The molecule has 70 valence electrons. The monoisotopic (exact) mass is 243 g/mol. The molecule has 5 heteroatoms. The fraction of sp³-hybridized carbons (Fsp3) is 0.500. The number of H-pyrrole nitrogens is 1. The summed E-state index contributed by atoms with van der Waals surface area (Å²) in [5.74, 6) is 1.42. The van der Waals surface area contributed by atoms with Gasteiger partial charge in [-0.05, 0) is 34.7 Å². The van der Waals surface area contributed by atoms with Crippen LogP contribution in [0.5, 0.6) is 0 Å². The number of rotatable bonds is 4. The number of carbonyl (C=O) groups excluding carboxylic acids is 1. The van der Waals surface area contributed by atoms with E-state index in [1.165, 1.54) is 12.8 Å². The van der Waals surface area contributed by atoms with Gasteiger partial charge < -0.3 is 5.32 Å².